The number of rotatable bonds is 4. The predicted octanol–water partition coefficient (Wildman–Crippen LogP) is 4.02. The van der Waals surface area contributed by atoms with E-state index in [4.69, 9.17) is 4.74 Å². The molecule has 0 atom stereocenters. The van der Waals surface area contributed by atoms with Gasteiger partial charge < -0.3 is 19.5 Å². The zero-order valence-corrected chi connectivity index (χ0v) is 15.2. The molecule has 0 bridgehead atoms. The van der Waals surface area contributed by atoms with Gasteiger partial charge in [0, 0.05) is 49.5 Å². The van der Waals surface area contributed by atoms with Crippen molar-refractivity contribution in [2.45, 2.75) is 19.5 Å². The monoisotopic (exact) mass is 367 g/mol. The van der Waals surface area contributed by atoms with Gasteiger partial charge in [0.1, 0.15) is 5.82 Å². The van der Waals surface area contributed by atoms with Crippen molar-refractivity contribution in [2.75, 3.05) is 25.6 Å². The Morgan fingerprint density at radius 1 is 1.19 bits per heavy atom. The fourth-order valence-corrected chi connectivity index (χ4v) is 3.66. The number of urea groups is 1. The summed E-state index contributed by atoms with van der Waals surface area (Å²) in [4.78, 5) is 14.5. The second-order valence-electron chi connectivity index (χ2n) is 6.76. The number of aromatic nitrogens is 1. The van der Waals surface area contributed by atoms with Crippen molar-refractivity contribution in [3.05, 3.63) is 65.6 Å². The molecule has 6 heteroatoms. The van der Waals surface area contributed by atoms with E-state index in [1.165, 1.54) is 28.6 Å². The molecule has 1 aliphatic heterocycles. The van der Waals surface area contributed by atoms with Crippen molar-refractivity contribution >= 4 is 22.6 Å². The van der Waals surface area contributed by atoms with Gasteiger partial charge in [-0.1, -0.05) is 12.1 Å². The summed E-state index contributed by atoms with van der Waals surface area (Å²) in [6, 6.07) is 11.9. The summed E-state index contributed by atoms with van der Waals surface area (Å²) >= 11 is 0. The number of halogens is 1. The zero-order valence-electron chi connectivity index (χ0n) is 15.2. The van der Waals surface area contributed by atoms with Crippen LogP contribution in [0.2, 0.25) is 0 Å². The van der Waals surface area contributed by atoms with Crippen molar-refractivity contribution in [3.63, 3.8) is 0 Å². The van der Waals surface area contributed by atoms with E-state index < -0.39 is 0 Å². The molecule has 27 heavy (non-hydrogen) atoms. The number of carbonyl (C=O) groups is 1. The molecule has 2 aromatic carbocycles. The first-order valence-corrected chi connectivity index (χ1v) is 9.06. The number of benzene rings is 2. The Labute approximate surface area is 157 Å². The lowest BCUT2D eigenvalue weighted by Crippen LogP contribution is -2.35. The molecule has 1 N–H and O–H groups in total. The van der Waals surface area contributed by atoms with Gasteiger partial charge in [-0.2, -0.15) is 0 Å². The lowest BCUT2D eigenvalue weighted by molar-refractivity contribution is 0.188. The minimum atomic E-state index is -0.320. The van der Waals surface area contributed by atoms with Gasteiger partial charge in [-0.15, -0.1) is 0 Å². The van der Waals surface area contributed by atoms with Crippen LogP contribution in [0, 0.1) is 5.82 Å². The third kappa shape index (κ3) is 3.53. The molecule has 5 nitrogen and oxygen atoms in total. The summed E-state index contributed by atoms with van der Waals surface area (Å²) in [6.45, 7) is 2.65. The number of ether oxygens (including phenoxy) is 1. The van der Waals surface area contributed by atoms with Crippen LogP contribution in [0.25, 0.3) is 10.9 Å². The highest BCUT2D eigenvalue weighted by Crippen LogP contribution is 2.29. The number of amides is 2. The fourth-order valence-electron chi connectivity index (χ4n) is 3.66. The third-order valence-corrected chi connectivity index (χ3v) is 5.00. The first-order valence-electron chi connectivity index (χ1n) is 9.06. The first kappa shape index (κ1) is 17.5. The largest absolute Gasteiger partial charge is 0.383 e. The van der Waals surface area contributed by atoms with E-state index in [1.54, 1.807) is 24.1 Å². The smallest absolute Gasteiger partial charge is 0.322 e. The van der Waals surface area contributed by atoms with Crippen LogP contribution in [0.4, 0.5) is 14.9 Å². The molecule has 2 heterocycles. The Bertz CT molecular complexity index is 965. The van der Waals surface area contributed by atoms with Crippen LogP contribution in [0.1, 0.15) is 11.1 Å². The quantitative estimate of drug-likeness (QED) is 0.757. The molecule has 0 unspecified atom stereocenters. The van der Waals surface area contributed by atoms with Gasteiger partial charge >= 0.3 is 6.03 Å². The molecular weight excluding hydrogens is 345 g/mol. The van der Waals surface area contributed by atoms with Gasteiger partial charge in [-0.3, -0.25) is 0 Å². The summed E-state index contributed by atoms with van der Waals surface area (Å²) in [5, 5.41) is 4.10. The lowest BCUT2D eigenvalue weighted by Gasteiger charge is -2.22. The molecule has 0 aliphatic carbocycles. The molecule has 0 spiro atoms. The summed E-state index contributed by atoms with van der Waals surface area (Å²) in [5.41, 5.74) is 4.17. The lowest BCUT2D eigenvalue weighted by atomic mass is 10.1. The number of nitrogens with zero attached hydrogens (tertiary/aromatic N) is 2. The molecule has 0 radical (unpaired) electrons. The summed E-state index contributed by atoms with van der Waals surface area (Å²) in [7, 11) is 1.71. The van der Waals surface area contributed by atoms with Gasteiger partial charge in [0.15, 0.2) is 0 Å². The zero-order chi connectivity index (χ0) is 18.8. The highest BCUT2D eigenvalue weighted by atomic mass is 19.1. The molecular formula is C21H22FN3O2. The average molecular weight is 367 g/mol. The van der Waals surface area contributed by atoms with Gasteiger partial charge in [0.2, 0.25) is 0 Å². The van der Waals surface area contributed by atoms with E-state index in [0.717, 1.165) is 18.5 Å². The highest BCUT2D eigenvalue weighted by Gasteiger charge is 2.22. The summed E-state index contributed by atoms with van der Waals surface area (Å²) in [5.74, 6) is -0.320. The van der Waals surface area contributed by atoms with E-state index in [9.17, 15) is 9.18 Å². The van der Waals surface area contributed by atoms with E-state index in [2.05, 4.69) is 28.2 Å². The van der Waals surface area contributed by atoms with Crippen LogP contribution in [-0.2, 0) is 24.2 Å². The van der Waals surface area contributed by atoms with Crippen LogP contribution in [-0.4, -0.2) is 35.8 Å². The Morgan fingerprint density at radius 2 is 2.00 bits per heavy atom. The van der Waals surface area contributed by atoms with Crippen molar-refractivity contribution in [2.24, 2.45) is 0 Å². The minimum Gasteiger partial charge on any atom is -0.383 e. The number of carbonyl (C=O) groups excluding carboxylic acids is 1. The maximum absolute atomic E-state index is 13.1. The van der Waals surface area contributed by atoms with Gasteiger partial charge in [0.25, 0.3) is 0 Å². The normalized spacial score (nSPS) is 13.6. The molecule has 1 aliphatic rings. The third-order valence-electron chi connectivity index (χ3n) is 5.00. The van der Waals surface area contributed by atoms with E-state index in [0.29, 0.717) is 25.4 Å². The summed E-state index contributed by atoms with van der Waals surface area (Å²) < 4.78 is 20.5. The SMILES string of the molecule is COCCn1cc2c3c(cccc31)CN(C(=O)Nc1ccc(F)cc1)CC2. The molecule has 4 rings (SSSR count). The standard InChI is InChI=1S/C21H22FN3O2/c1-27-12-11-24-13-16-9-10-25(14-15-3-2-4-19(24)20(15)16)21(26)23-18-7-5-17(22)6-8-18/h2-8,13H,9-12,14H2,1H3,(H,23,26). The van der Waals surface area contributed by atoms with Crippen LogP contribution < -0.4 is 5.32 Å². The van der Waals surface area contributed by atoms with Crippen molar-refractivity contribution in [1.82, 2.24) is 9.47 Å². The highest BCUT2D eigenvalue weighted by molar-refractivity contribution is 5.91. The van der Waals surface area contributed by atoms with Crippen LogP contribution >= 0.6 is 0 Å². The Hall–Kier alpha value is -2.86. The first-order chi connectivity index (χ1) is 13.2. The number of nitrogens with one attached hydrogen (secondary N) is 1. The van der Waals surface area contributed by atoms with Gasteiger partial charge in [-0.05, 0) is 47.9 Å². The maximum Gasteiger partial charge on any atom is 0.322 e. The van der Waals surface area contributed by atoms with Crippen molar-refractivity contribution in [1.29, 1.82) is 0 Å². The molecule has 0 fully saturated rings. The van der Waals surface area contributed by atoms with Gasteiger partial charge in [0.05, 0.1) is 6.61 Å². The van der Waals surface area contributed by atoms with Crippen molar-refractivity contribution < 1.29 is 13.9 Å². The number of hydrogen-bond acceptors (Lipinski definition) is 2. The molecule has 0 saturated carbocycles. The van der Waals surface area contributed by atoms with E-state index in [-0.39, 0.29) is 11.8 Å². The number of hydrogen-bond donors (Lipinski definition) is 1. The van der Waals surface area contributed by atoms with E-state index >= 15 is 0 Å². The second kappa shape index (κ2) is 7.40. The Kier molecular flexibility index (Phi) is 4.81. The summed E-state index contributed by atoms with van der Waals surface area (Å²) in [6.07, 6.45) is 2.97. The Balaban J connectivity index is 1.57. The topological polar surface area (TPSA) is 46.5 Å². The maximum atomic E-state index is 13.1. The van der Waals surface area contributed by atoms with Crippen LogP contribution in [0.15, 0.2) is 48.7 Å². The van der Waals surface area contributed by atoms with Gasteiger partial charge in [-0.25, -0.2) is 9.18 Å². The molecule has 3 aromatic rings. The van der Waals surface area contributed by atoms with E-state index in [1.807, 2.05) is 6.07 Å². The Morgan fingerprint density at radius 3 is 2.78 bits per heavy atom. The number of anilines is 1. The number of methoxy groups -OCH3 is 1. The average Bonchev–Trinajstić information content (AvgIpc) is 2.92. The molecule has 0 saturated heterocycles. The fraction of sp³-hybridized carbons (Fsp3) is 0.286. The second-order valence-corrected chi connectivity index (χ2v) is 6.76. The van der Waals surface area contributed by atoms with Crippen molar-refractivity contribution in [3.8, 4) is 0 Å². The minimum absolute atomic E-state index is 0.170. The molecule has 2 amide bonds. The van der Waals surface area contributed by atoms with Crippen LogP contribution in [0.5, 0.6) is 0 Å². The van der Waals surface area contributed by atoms with Crippen LogP contribution in [0.3, 0.4) is 0 Å². The predicted molar refractivity (Wildman–Crippen MR) is 103 cm³/mol. The molecule has 140 valence electrons. The molecule has 1 aromatic heterocycles.